The number of halogens is 2. The molecule has 0 unspecified atom stereocenters. The molecule has 0 amide bonds. The van der Waals surface area contributed by atoms with Crippen LogP contribution in [0.15, 0.2) is 18.2 Å². The Morgan fingerprint density at radius 2 is 1.83 bits per heavy atom. The van der Waals surface area contributed by atoms with Crippen molar-refractivity contribution >= 4 is 39.9 Å². The second kappa shape index (κ2) is 4.60. The second-order valence-electron chi connectivity index (χ2n) is 5.32. The molecule has 1 aromatic carbocycles. The molecule has 0 saturated heterocycles. The Morgan fingerprint density at radius 1 is 1.17 bits per heavy atom. The largest absolute Gasteiger partial charge is 0.373 e. The van der Waals surface area contributed by atoms with Crippen molar-refractivity contribution in [3.8, 4) is 0 Å². The number of hydrogen-bond acceptors (Lipinski definition) is 2. The monoisotopic (exact) mass is 282 g/mol. The fourth-order valence-corrected chi connectivity index (χ4v) is 2.31. The van der Waals surface area contributed by atoms with Gasteiger partial charge in [-0.25, -0.2) is 4.98 Å². The van der Waals surface area contributed by atoms with Gasteiger partial charge in [0.1, 0.15) is 5.82 Å². The molecule has 2 rings (SSSR count). The highest BCUT2D eigenvalue weighted by Gasteiger charge is 2.20. The number of fused-ring (bicyclic) bond motifs is 1. The quantitative estimate of drug-likeness (QED) is 0.806. The van der Waals surface area contributed by atoms with Crippen molar-refractivity contribution in [1.29, 1.82) is 0 Å². The molecule has 0 bridgehead atoms. The smallest absolute Gasteiger partial charge is 0.130 e. The van der Waals surface area contributed by atoms with Gasteiger partial charge in [-0.15, -0.1) is 0 Å². The SMILES string of the molecule is CNc1nc2c(Cl)c(Cl)ccc2cc1C(C)(C)C. The van der Waals surface area contributed by atoms with Crippen molar-refractivity contribution in [2.45, 2.75) is 26.2 Å². The van der Waals surface area contributed by atoms with Crippen LogP contribution < -0.4 is 5.32 Å². The summed E-state index contributed by atoms with van der Waals surface area (Å²) >= 11 is 12.2. The van der Waals surface area contributed by atoms with Crippen LogP contribution in [0.5, 0.6) is 0 Å². The molecule has 1 aromatic heterocycles. The first kappa shape index (κ1) is 13.4. The molecule has 18 heavy (non-hydrogen) atoms. The fourth-order valence-electron chi connectivity index (χ4n) is 1.94. The normalized spacial score (nSPS) is 11.9. The molecule has 0 saturated carbocycles. The molecule has 0 aliphatic rings. The van der Waals surface area contributed by atoms with Crippen LogP contribution in [-0.4, -0.2) is 12.0 Å². The molecular weight excluding hydrogens is 267 g/mol. The topological polar surface area (TPSA) is 24.9 Å². The Balaban J connectivity index is 2.81. The highest BCUT2D eigenvalue weighted by molar-refractivity contribution is 6.45. The zero-order valence-electron chi connectivity index (χ0n) is 10.9. The van der Waals surface area contributed by atoms with Gasteiger partial charge in [-0.05, 0) is 17.5 Å². The second-order valence-corrected chi connectivity index (χ2v) is 6.10. The van der Waals surface area contributed by atoms with Crippen LogP contribution in [0.2, 0.25) is 10.0 Å². The Morgan fingerprint density at radius 3 is 2.39 bits per heavy atom. The maximum Gasteiger partial charge on any atom is 0.130 e. The van der Waals surface area contributed by atoms with E-state index in [-0.39, 0.29) is 5.41 Å². The average molecular weight is 283 g/mol. The van der Waals surface area contributed by atoms with Gasteiger partial charge in [-0.3, -0.25) is 0 Å². The van der Waals surface area contributed by atoms with Crippen molar-refractivity contribution in [1.82, 2.24) is 4.98 Å². The lowest BCUT2D eigenvalue weighted by Gasteiger charge is -2.22. The van der Waals surface area contributed by atoms with Crippen LogP contribution in [0.1, 0.15) is 26.3 Å². The summed E-state index contributed by atoms with van der Waals surface area (Å²) in [5.41, 5.74) is 1.92. The average Bonchev–Trinajstić information content (AvgIpc) is 2.31. The van der Waals surface area contributed by atoms with Crippen LogP contribution in [0.25, 0.3) is 10.9 Å². The number of aromatic nitrogens is 1. The molecule has 4 heteroatoms. The van der Waals surface area contributed by atoms with Gasteiger partial charge < -0.3 is 5.32 Å². The minimum Gasteiger partial charge on any atom is -0.373 e. The molecule has 2 aromatic rings. The third-order valence-electron chi connectivity index (χ3n) is 2.92. The molecule has 0 aliphatic carbocycles. The van der Waals surface area contributed by atoms with Crippen molar-refractivity contribution in [2.24, 2.45) is 0 Å². The zero-order chi connectivity index (χ0) is 13.5. The van der Waals surface area contributed by atoms with E-state index >= 15 is 0 Å². The summed E-state index contributed by atoms with van der Waals surface area (Å²) in [5.74, 6) is 0.846. The predicted octanol–water partition coefficient (Wildman–Crippen LogP) is 4.88. The van der Waals surface area contributed by atoms with Gasteiger partial charge in [0.2, 0.25) is 0 Å². The molecular formula is C14H16Cl2N2. The first-order valence-corrected chi connectivity index (χ1v) is 6.57. The van der Waals surface area contributed by atoms with Gasteiger partial charge >= 0.3 is 0 Å². The van der Waals surface area contributed by atoms with Crippen molar-refractivity contribution in [2.75, 3.05) is 12.4 Å². The predicted molar refractivity (Wildman–Crippen MR) is 80.0 cm³/mol. The summed E-state index contributed by atoms with van der Waals surface area (Å²) in [6.45, 7) is 6.48. The lowest BCUT2D eigenvalue weighted by Crippen LogP contribution is -2.15. The Hall–Kier alpha value is -0.990. The van der Waals surface area contributed by atoms with E-state index in [4.69, 9.17) is 23.2 Å². The number of rotatable bonds is 1. The fraction of sp³-hybridized carbons (Fsp3) is 0.357. The number of nitrogens with zero attached hydrogens (tertiary/aromatic N) is 1. The summed E-state index contributed by atoms with van der Waals surface area (Å²) in [6.07, 6.45) is 0. The lowest BCUT2D eigenvalue weighted by molar-refractivity contribution is 0.591. The van der Waals surface area contributed by atoms with E-state index in [1.807, 2.05) is 13.1 Å². The van der Waals surface area contributed by atoms with E-state index in [1.165, 1.54) is 0 Å². The highest BCUT2D eigenvalue weighted by atomic mass is 35.5. The number of pyridine rings is 1. The standard InChI is InChI=1S/C14H16Cl2N2/c1-14(2,3)9-7-8-5-6-10(15)11(16)12(8)18-13(9)17-4/h5-7H,1-4H3,(H,17,18). The Bertz CT molecular complexity index is 601. The van der Waals surface area contributed by atoms with Gasteiger partial charge in [-0.1, -0.05) is 50.0 Å². The first-order chi connectivity index (χ1) is 8.34. The zero-order valence-corrected chi connectivity index (χ0v) is 12.4. The first-order valence-electron chi connectivity index (χ1n) is 5.81. The molecule has 1 heterocycles. The summed E-state index contributed by atoms with van der Waals surface area (Å²) < 4.78 is 0. The number of nitrogens with one attached hydrogen (secondary N) is 1. The third-order valence-corrected chi connectivity index (χ3v) is 3.72. The van der Waals surface area contributed by atoms with Crippen LogP contribution in [0, 0.1) is 0 Å². The molecule has 2 nitrogen and oxygen atoms in total. The molecule has 1 N–H and O–H groups in total. The molecule has 0 spiro atoms. The summed E-state index contributed by atoms with van der Waals surface area (Å²) in [7, 11) is 1.86. The number of anilines is 1. The van der Waals surface area contributed by atoms with Crippen molar-refractivity contribution < 1.29 is 0 Å². The molecule has 0 radical (unpaired) electrons. The van der Waals surface area contributed by atoms with E-state index < -0.39 is 0 Å². The van der Waals surface area contributed by atoms with E-state index in [1.54, 1.807) is 6.07 Å². The summed E-state index contributed by atoms with van der Waals surface area (Å²) in [6, 6.07) is 5.88. The van der Waals surface area contributed by atoms with Gasteiger partial charge in [0, 0.05) is 18.0 Å². The minimum atomic E-state index is 0.0195. The van der Waals surface area contributed by atoms with E-state index in [2.05, 4.69) is 37.1 Å². The Labute approximate surface area is 117 Å². The van der Waals surface area contributed by atoms with Crippen LogP contribution in [0.3, 0.4) is 0 Å². The Kier molecular flexibility index (Phi) is 3.43. The maximum atomic E-state index is 6.20. The summed E-state index contributed by atoms with van der Waals surface area (Å²) in [5, 5.41) is 5.17. The molecule has 0 fully saturated rings. The maximum absolute atomic E-state index is 6.20. The lowest BCUT2D eigenvalue weighted by atomic mass is 9.86. The van der Waals surface area contributed by atoms with Crippen molar-refractivity contribution in [3.05, 3.63) is 33.8 Å². The highest BCUT2D eigenvalue weighted by Crippen LogP contribution is 2.35. The van der Waals surface area contributed by atoms with Crippen LogP contribution in [-0.2, 0) is 5.41 Å². The number of hydrogen-bond donors (Lipinski definition) is 1. The molecule has 0 atom stereocenters. The van der Waals surface area contributed by atoms with E-state index in [0.717, 1.165) is 22.3 Å². The van der Waals surface area contributed by atoms with Gasteiger partial charge in [0.25, 0.3) is 0 Å². The minimum absolute atomic E-state index is 0.0195. The summed E-state index contributed by atoms with van der Waals surface area (Å²) in [4.78, 5) is 4.59. The van der Waals surface area contributed by atoms with Gasteiger partial charge in [0.15, 0.2) is 0 Å². The van der Waals surface area contributed by atoms with Gasteiger partial charge in [-0.2, -0.15) is 0 Å². The molecule has 0 aliphatic heterocycles. The van der Waals surface area contributed by atoms with Crippen LogP contribution in [0.4, 0.5) is 5.82 Å². The van der Waals surface area contributed by atoms with E-state index in [0.29, 0.717) is 10.0 Å². The number of benzene rings is 1. The van der Waals surface area contributed by atoms with Gasteiger partial charge in [0.05, 0.1) is 15.6 Å². The van der Waals surface area contributed by atoms with E-state index in [9.17, 15) is 0 Å². The van der Waals surface area contributed by atoms with Crippen LogP contribution >= 0.6 is 23.2 Å². The third kappa shape index (κ3) is 2.27. The molecule has 96 valence electrons. The van der Waals surface area contributed by atoms with Crippen molar-refractivity contribution in [3.63, 3.8) is 0 Å².